The van der Waals surface area contributed by atoms with Crippen LogP contribution in [0.1, 0.15) is 129 Å². The molecule has 3 unspecified atom stereocenters. The molecule has 2 aliphatic rings. The lowest BCUT2D eigenvalue weighted by Gasteiger charge is -2.26. The minimum Gasteiger partial charge on any atom is -0.494 e. The van der Waals surface area contributed by atoms with Crippen LogP contribution in [0.2, 0.25) is 0 Å². The molecular weight excluding hydrogens is 763 g/mol. The van der Waals surface area contributed by atoms with Crippen LogP contribution < -0.4 is 26.0 Å². The van der Waals surface area contributed by atoms with Crippen molar-refractivity contribution in [2.45, 2.75) is 136 Å². The molecule has 0 spiro atoms. The fourth-order valence-corrected chi connectivity index (χ4v) is 7.44. The maximum Gasteiger partial charge on any atom is 0.243 e. The van der Waals surface area contributed by atoms with Gasteiger partial charge in [-0.2, -0.15) is 0 Å². The predicted octanol–water partition coefficient (Wildman–Crippen LogP) is 5.38. The van der Waals surface area contributed by atoms with E-state index in [4.69, 9.17) is 9.84 Å². The molecular formula is C47H71N5O8. The quantitative estimate of drug-likeness (QED) is 0.0973. The average molecular weight is 834 g/mol. The van der Waals surface area contributed by atoms with E-state index in [1.54, 1.807) is 48.5 Å². The van der Waals surface area contributed by atoms with Crippen LogP contribution in [0.15, 0.2) is 54.6 Å². The van der Waals surface area contributed by atoms with Crippen LogP contribution in [0.4, 0.5) is 0 Å². The molecule has 332 valence electrons. The van der Waals surface area contributed by atoms with Crippen molar-refractivity contribution < 1.29 is 38.6 Å². The number of aliphatic hydroxyl groups excluding tert-OH is 1. The summed E-state index contributed by atoms with van der Waals surface area (Å²) in [7, 11) is 0. The number of aliphatic hydroxyl groups is 1. The van der Waals surface area contributed by atoms with Gasteiger partial charge in [-0.3, -0.25) is 28.8 Å². The normalized spacial score (nSPS) is 16.4. The number of rotatable bonds is 22. The first kappa shape index (κ1) is 49.7. The molecule has 2 fully saturated rings. The standard InChI is InChI=1S/C40H57N5O8.C7H14/c1-5-13-31(34(48)25-41-26-36(50)44-38(29-15-7-6-8-16-29)33(47)24-40(2,3)4)43-39(52)32-18-12-19-45(32)37(51)27-42-35(49)23-28-14-11-17-30(22-28)53-21-10-9-20-46;1-7-5-3-2-4-6-7/h6-8,11,14-17,22,31-32,38,41,46H,5,9-10,12-13,18-21,23-27H2,1-4H3,(H,42,49)(H,43,52)(H,44,50);7H,2-6H2,1H3. The third-order valence-corrected chi connectivity index (χ3v) is 10.6. The summed E-state index contributed by atoms with van der Waals surface area (Å²) < 4.78 is 5.67. The molecule has 3 atom stereocenters. The number of ether oxygens (including phenoxy) is 1. The van der Waals surface area contributed by atoms with Crippen molar-refractivity contribution >= 4 is 35.2 Å². The van der Waals surface area contributed by atoms with E-state index in [9.17, 15) is 28.8 Å². The molecule has 4 amide bonds. The van der Waals surface area contributed by atoms with Gasteiger partial charge in [0.2, 0.25) is 23.6 Å². The number of ketones is 2. The van der Waals surface area contributed by atoms with E-state index in [1.165, 1.54) is 37.0 Å². The highest BCUT2D eigenvalue weighted by Crippen LogP contribution is 2.25. The van der Waals surface area contributed by atoms with E-state index in [0.29, 0.717) is 63.0 Å². The monoisotopic (exact) mass is 834 g/mol. The van der Waals surface area contributed by atoms with Gasteiger partial charge < -0.3 is 36.0 Å². The van der Waals surface area contributed by atoms with Crippen LogP contribution in [0.3, 0.4) is 0 Å². The summed E-state index contributed by atoms with van der Waals surface area (Å²) in [6.07, 6.45) is 11.1. The summed E-state index contributed by atoms with van der Waals surface area (Å²) in [5.74, 6) is -0.383. The van der Waals surface area contributed by atoms with Crippen molar-refractivity contribution in [3.05, 3.63) is 65.7 Å². The van der Waals surface area contributed by atoms with Gasteiger partial charge in [0.05, 0.1) is 38.7 Å². The second-order valence-corrected chi connectivity index (χ2v) is 17.4. The SMILES string of the molecule is CC1CCCCC1.CCCC(NC(=O)C1CCCN1C(=O)CNC(=O)Cc1cccc(OCCCCO)c1)C(=O)CNCC(=O)NC(C(=O)CC(C)(C)C)c1ccccc1. The van der Waals surface area contributed by atoms with Crippen LogP contribution >= 0.6 is 0 Å². The second-order valence-electron chi connectivity index (χ2n) is 17.4. The summed E-state index contributed by atoms with van der Waals surface area (Å²) >= 11 is 0. The number of unbranched alkanes of at least 4 members (excludes halogenated alkanes) is 1. The lowest BCUT2D eigenvalue weighted by atomic mass is 9.86. The van der Waals surface area contributed by atoms with E-state index in [-0.39, 0.29) is 62.0 Å². The van der Waals surface area contributed by atoms with Crippen LogP contribution in [0.25, 0.3) is 0 Å². The molecule has 13 heteroatoms. The first-order valence-electron chi connectivity index (χ1n) is 22.0. The number of nitrogens with one attached hydrogen (secondary N) is 4. The van der Waals surface area contributed by atoms with Crippen LogP contribution in [0, 0.1) is 11.3 Å². The maximum absolute atomic E-state index is 13.4. The molecule has 0 radical (unpaired) electrons. The number of nitrogens with zero attached hydrogens (tertiary/aromatic N) is 1. The summed E-state index contributed by atoms with van der Waals surface area (Å²) in [5.41, 5.74) is 1.14. The smallest absolute Gasteiger partial charge is 0.243 e. The van der Waals surface area contributed by atoms with Crippen LogP contribution in [-0.4, -0.2) is 96.7 Å². The minimum absolute atomic E-state index is 0.0461. The number of hydrogen-bond donors (Lipinski definition) is 5. The highest BCUT2D eigenvalue weighted by molar-refractivity contribution is 5.95. The Morgan fingerprint density at radius 1 is 0.833 bits per heavy atom. The largest absolute Gasteiger partial charge is 0.494 e. The van der Waals surface area contributed by atoms with Gasteiger partial charge in [-0.05, 0) is 66.7 Å². The number of Topliss-reactive ketones (excluding diaryl/α,β-unsaturated/α-hetero) is 2. The van der Waals surface area contributed by atoms with Gasteiger partial charge in [-0.15, -0.1) is 0 Å². The summed E-state index contributed by atoms with van der Waals surface area (Å²) in [6.45, 7) is 10.4. The third kappa shape index (κ3) is 18.8. The van der Waals surface area contributed by atoms with Gasteiger partial charge in [0, 0.05) is 19.6 Å². The van der Waals surface area contributed by atoms with E-state index in [2.05, 4.69) is 28.2 Å². The molecule has 60 heavy (non-hydrogen) atoms. The third-order valence-electron chi connectivity index (χ3n) is 10.6. The molecule has 4 rings (SSSR count). The Kier molecular flexibility index (Phi) is 22.0. The minimum atomic E-state index is -0.819. The average Bonchev–Trinajstić information content (AvgIpc) is 3.72. The van der Waals surface area contributed by atoms with E-state index in [0.717, 1.165) is 11.5 Å². The number of carbonyl (C=O) groups excluding carboxylic acids is 6. The Hall–Kier alpha value is -4.62. The molecule has 5 N–H and O–H groups in total. The lowest BCUT2D eigenvalue weighted by Crippen LogP contribution is -2.53. The molecule has 1 aliphatic heterocycles. The van der Waals surface area contributed by atoms with Gasteiger partial charge in [0.1, 0.15) is 17.8 Å². The highest BCUT2D eigenvalue weighted by atomic mass is 16.5. The van der Waals surface area contributed by atoms with Gasteiger partial charge in [0.25, 0.3) is 0 Å². The molecule has 1 saturated carbocycles. The van der Waals surface area contributed by atoms with Crippen molar-refractivity contribution in [1.82, 2.24) is 26.2 Å². The fourth-order valence-electron chi connectivity index (χ4n) is 7.44. The molecule has 1 saturated heterocycles. The Morgan fingerprint density at radius 3 is 2.22 bits per heavy atom. The highest BCUT2D eigenvalue weighted by Gasteiger charge is 2.36. The topological polar surface area (TPSA) is 183 Å². The van der Waals surface area contributed by atoms with Gasteiger partial charge in [-0.25, -0.2) is 0 Å². The molecule has 13 nitrogen and oxygen atoms in total. The summed E-state index contributed by atoms with van der Waals surface area (Å²) in [5, 5.41) is 20.0. The zero-order valence-electron chi connectivity index (χ0n) is 36.7. The van der Waals surface area contributed by atoms with Gasteiger partial charge in [-0.1, -0.05) is 116 Å². The van der Waals surface area contributed by atoms with Gasteiger partial charge in [0.15, 0.2) is 11.6 Å². The number of benzene rings is 2. The molecule has 2 aromatic rings. The van der Waals surface area contributed by atoms with Crippen LogP contribution in [0.5, 0.6) is 5.75 Å². The Labute approximate surface area is 357 Å². The molecule has 1 heterocycles. The van der Waals surface area contributed by atoms with Crippen LogP contribution in [-0.2, 0) is 35.2 Å². The molecule has 0 aromatic heterocycles. The number of likely N-dealkylation sites (tertiary alicyclic amines) is 1. The number of carbonyl (C=O) groups is 6. The first-order chi connectivity index (χ1) is 28.7. The zero-order valence-corrected chi connectivity index (χ0v) is 36.7. The number of amides is 4. The maximum atomic E-state index is 13.4. The van der Waals surface area contributed by atoms with Gasteiger partial charge >= 0.3 is 0 Å². The molecule has 1 aliphatic carbocycles. The molecule has 0 bridgehead atoms. The molecule has 2 aromatic carbocycles. The van der Waals surface area contributed by atoms with E-state index < -0.39 is 35.8 Å². The Balaban J connectivity index is 0.00000124. The van der Waals surface area contributed by atoms with Crippen molar-refractivity contribution in [1.29, 1.82) is 0 Å². The van der Waals surface area contributed by atoms with E-state index in [1.807, 2.05) is 33.8 Å². The number of hydrogen-bond acceptors (Lipinski definition) is 9. The zero-order chi connectivity index (χ0) is 43.9. The van der Waals surface area contributed by atoms with Crippen molar-refractivity contribution in [3.63, 3.8) is 0 Å². The lowest BCUT2D eigenvalue weighted by molar-refractivity contribution is -0.139. The first-order valence-corrected chi connectivity index (χ1v) is 22.0. The Bertz CT molecular complexity index is 1660. The fraction of sp³-hybridized carbons (Fsp3) is 0.617. The second kappa shape index (κ2) is 26.6. The van der Waals surface area contributed by atoms with Crippen molar-refractivity contribution in [2.75, 3.05) is 39.4 Å². The predicted molar refractivity (Wildman–Crippen MR) is 233 cm³/mol. The van der Waals surface area contributed by atoms with Crippen molar-refractivity contribution in [2.24, 2.45) is 11.3 Å². The summed E-state index contributed by atoms with van der Waals surface area (Å²) in [6, 6.07) is 13.7. The Morgan fingerprint density at radius 2 is 1.57 bits per heavy atom. The summed E-state index contributed by atoms with van der Waals surface area (Å²) in [4.78, 5) is 79.8. The van der Waals surface area contributed by atoms with E-state index >= 15 is 0 Å². The van der Waals surface area contributed by atoms with Crippen molar-refractivity contribution in [3.8, 4) is 5.75 Å².